The van der Waals surface area contributed by atoms with Gasteiger partial charge in [0.1, 0.15) is 10.7 Å². The van der Waals surface area contributed by atoms with Crippen molar-refractivity contribution < 1.29 is 28.2 Å². The van der Waals surface area contributed by atoms with E-state index in [0.29, 0.717) is 11.2 Å². The van der Waals surface area contributed by atoms with Crippen molar-refractivity contribution >= 4 is 52.3 Å². The number of aldehydes is 1. The van der Waals surface area contributed by atoms with Gasteiger partial charge in [0.2, 0.25) is 0 Å². The molecule has 172 valence electrons. The molecule has 0 spiro atoms. The summed E-state index contributed by atoms with van der Waals surface area (Å²) in [6, 6.07) is 9.03. The summed E-state index contributed by atoms with van der Waals surface area (Å²) in [7, 11) is 2.74. The van der Waals surface area contributed by atoms with Gasteiger partial charge in [-0.2, -0.15) is 12.6 Å². The van der Waals surface area contributed by atoms with Gasteiger partial charge in [-0.3, -0.25) is 9.59 Å². The predicted molar refractivity (Wildman–Crippen MR) is 130 cm³/mol. The number of benzene rings is 2. The van der Waals surface area contributed by atoms with E-state index in [1.807, 2.05) is 19.9 Å². The fraction of sp³-hybridized carbons (Fsp3) is 0.292. The summed E-state index contributed by atoms with van der Waals surface area (Å²) < 4.78 is 22.8. The highest BCUT2D eigenvalue weighted by Gasteiger charge is 2.10. The van der Waals surface area contributed by atoms with Crippen LogP contribution < -0.4 is 0 Å². The van der Waals surface area contributed by atoms with Gasteiger partial charge in [0.15, 0.2) is 6.29 Å². The van der Waals surface area contributed by atoms with Crippen molar-refractivity contribution in [2.75, 3.05) is 20.0 Å². The van der Waals surface area contributed by atoms with E-state index in [0.717, 1.165) is 21.2 Å². The predicted octanol–water partition coefficient (Wildman–Crippen LogP) is 5.65. The van der Waals surface area contributed by atoms with Crippen LogP contribution in [0.15, 0.2) is 30.3 Å². The molecule has 1 heterocycles. The van der Waals surface area contributed by atoms with Crippen LogP contribution in [-0.2, 0) is 14.3 Å². The Hall–Kier alpha value is -2.71. The lowest BCUT2D eigenvalue weighted by Crippen LogP contribution is -1.99. The zero-order valence-corrected chi connectivity index (χ0v) is 20.7. The smallest absolute Gasteiger partial charge is 0.348 e. The molecule has 2 aromatic carbocycles. The molecule has 0 aliphatic carbocycles. The summed E-state index contributed by atoms with van der Waals surface area (Å²) in [6.07, 6.45) is 0.530. The van der Waals surface area contributed by atoms with Crippen LogP contribution in [0.5, 0.6) is 0 Å². The molecule has 0 fully saturated rings. The molecule has 0 amide bonds. The minimum Gasteiger partial charge on any atom is -0.468 e. The molecule has 0 radical (unpaired) electrons. The lowest BCUT2D eigenvalue weighted by atomic mass is 10.1. The first-order valence-corrected chi connectivity index (χ1v) is 11.0. The fourth-order valence-corrected chi connectivity index (χ4v) is 3.65. The molecule has 1 aromatic heterocycles. The highest BCUT2D eigenvalue weighted by molar-refractivity contribution is 7.81. The third-order valence-electron chi connectivity index (χ3n) is 4.62. The molecule has 0 saturated carbocycles. The van der Waals surface area contributed by atoms with Crippen molar-refractivity contribution in [2.24, 2.45) is 0 Å². The minimum absolute atomic E-state index is 0.133. The van der Waals surface area contributed by atoms with E-state index in [4.69, 9.17) is 4.74 Å². The van der Waals surface area contributed by atoms with Crippen LogP contribution in [-0.4, -0.2) is 38.2 Å². The van der Waals surface area contributed by atoms with E-state index in [1.54, 1.807) is 6.07 Å². The number of esters is 2. The quantitative estimate of drug-likeness (QED) is 0.299. The van der Waals surface area contributed by atoms with Gasteiger partial charge >= 0.3 is 11.9 Å². The van der Waals surface area contributed by atoms with Crippen LogP contribution in [0.2, 0.25) is 0 Å². The second-order valence-corrected chi connectivity index (χ2v) is 8.29. The summed E-state index contributed by atoms with van der Waals surface area (Å²) in [5, 5.41) is 1.11. The Labute approximate surface area is 197 Å². The van der Waals surface area contributed by atoms with Crippen molar-refractivity contribution in [3.63, 3.8) is 0 Å². The Kier molecular flexibility index (Phi) is 11.1. The Bertz CT molecular complexity index is 1060. The lowest BCUT2D eigenvalue weighted by molar-refractivity contribution is -0.137. The number of thiol groups is 1. The number of aryl methyl sites for hydroxylation is 4. The number of halogens is 1. The maximum atomic E-state index is 12.8. The van der Waals surface area contributed by atoms with E-state index in [9.17, 15) is 18.8 Å². The van der Waals surface area contributed by atoms with Crippen molar-refractivity contribution in [3.8, 4) is 0 Å². The van der Waals surface area contributed by atoms with Crippen LogP contribution in [0.3, 0.4) is 0 Å². The molecule has 0 atom stereocenters. The van der Waals surface area contributed by atoms with Gasteiger partial charge < -0.3 is 9.47 Å². The van der Waals surface area contributed by atoms with Crippen LogP contribution in [0.25, 0.3) is 10.1 Å². The van der Waals surface area contributed by atoms with E-state index < -0.39 is 5.82 Å². The summed E-state index contributed by atoms with van der Waals surface area (Å²) >= 11 is 5.10. The molecule has 5 nitrogen and oxygen atoms in total. The maximum Gasteiger partial charge on any atom is 0.348 e. The highest BCUT2D eigenvalue weighted by atomic mass is 32.1. The maximum absolute atomic E-state index is 12.8. The molecule has 0 aliphatic rings. The first-order valence-electron chi connectivity index (χ1n) is 9.56. The molecule has 0 bridgehead atoms. The molecule has 32 heavy (non-hydrogen) atoms. The van der Waals surface area contributed by atoms with Crippen molar-refractivity contribution in [2.45, 2.75) is 27.7 Å². The third-order valence-corrected chi connectivity index (χ3v) is 5.95. The molecule has 0 saturated heterocycles. The molecule has 0 N–H and O–H groups in total. The van der Waals surface area contributed by atoms with Crippen molar-refractivity contribution in [3.05, 3.63) is 68.8 Å². The third kappa shape index (κ3) is 7.76. The number of hydrogen-bond donors (Lipinski definition) is 1. The first kappa shape index (κ1) is 27.3. The topological polar surface area (TPSA) is 69.7 Å². The van der Waals surface area contributed by atoms with Crippen LogP contribution in [0, 0.1) is 33.5 Å². The van der Waals surface area contributed by atoms with Crippen LogP contribution in [0.1, 0.15) is 42.3 Å². The molecule has 0 unspecified atom stereocenters. The average molecular weight is 479 g/mol. The number of methoxy groups -OCH3 is 2. The van der Waals surface area contributed by atoms with Crippen LogP contribution in [0.4, 0.5) is 4.39 Å². The second-order valence-electron chi connectivity index (χ2n) is 6.89. The Balaban J connectivity index is 0.000000265. The molecule has 8 heteroatoms. The van der Waals surface area contributed by atoms with Gasteiger partial charge in [0, 0.05) is 4.70 Å². The summed E-state index contributed by atoms with van der Waals surface area (Å²) in [6.45, 7) is 7.81. The molecule has 0 aliphatic heterocycles. The zero-order chi connectivity index (χ0) is 24.4. The van der Waals surface area contributed by atoms with E-state index in [-0.39, 0.29) is 23.3 Å². The van der Waals surface area contributed by atoms with Gasteiger partial charge in [0.05, 0.1) is 25.5 Å². The highest BCUT2D eigenvalue weighted by Crippen LogP contribution is 2.28. The molecular formula is C24H27FO5S2. The van der Waals surface area contributed by atoms with E-state index in [1.165, 1.54) is 42.7 Å². The van der Waals surface area contributed by atoms with Crippen molar-refractivity contribution in [1.29, 1.82) is 0 Å². The van der Waals surface area contributed by atoms with Gasteiger partial charge in [-0.1, -0.05) is 6.07 Å². The van der Waals surface area contributed by atoms with E-state index in [2.05, 4.69) is 43.3 Å². The Morgan fingerprint density at radius 3 is 2.00 bits per heavy atom. The Morgan fingerprint density at radius 2 is 1.50 bits per heavy atom. The van der Waals surface area contributed by atoms with Gasteiger partial charge in [-0.15, -0.1) is 11.3 Å². The average Bonchev–Trinajstić information content (AvgIpc) is 3.18. The fourth-order valence-electron chi connectivity index (χ4n) is 2.46. The molecular weight excluding hydrogens is 451 g/mol. The number of ether oxygens (including phenoxy) is 2. The summed E-state index contributed by atoms with van der Waals surface area (Å²) in [5.74, 6) is -0.829. The van der Waals surface area contributed by atoms with E-state index >= 15 is 0 Å². The first-order chi connectivity index (χ1) is 15.1. The number of fused-ring (bicyclic) bond motifs is 1. The minimum atomic E-state index is -0.442. The van der Waals surface area contributed by atoms with Gasteiger partial charge in [0.25, 0.3) is 0 Å². The number of thiophene rings is 1. The van der Waals surface area contributed by atoms with Crippen LogP contribution >= 0.6 is 24.0 Å². The number of hydrogen-bond acceptors (Lipinski definition) is 7. The normalized spacial score (nSPS) is 9.75. The Morgan fingerprint density at radius 1 is 0.938 bits per heavy atom. The van der Waals surface area contributed by atoms with Gasteiger partial charge in [-0.05, 0) is 79.6 Å². The number of carbonyl (C=O) groups excluding carboxylic acids is 3. The number of carbonyl (C=O) groups is 3. The van der Waals surface area contributed by atoms with Gasteiger partial charge in [-0.25, -0.2) is 9.18 Å². The monoisotopic (exact) mass is 478 g/mol. The SMILES string of the molecule is COC(=O)CS.COC(=O)c1cc2cc(C)c(C)cc2s1.Cc1cc(F)c(C=O)cc1C. The second kappa shape index (κ2) is 13.0. The standard InChI is InChI=1S/C12H12O2S.C9H9FO.C3H6O2S/c1-7-4-9-6-11(12(13)14-3)15-10(9)5-8(7)2;1-6-3-8(5-11)9(10)4-7(6)2;1-5-3(4)2-6/h4-6H,1-3H3;3-5H,1-2H3;6H,2H2,1H3. The summed E-state index contributed by atoms with van der Waals surface area (Å²) in [5.41, 5.74) is 4.44. The lowest BCUT2D eigenvalue weighted by Gasteiger charge is -2.00. The zero-order valence-electron chi connectivity index (χ0n) is 18.9. The molecule has 3 aromatic rings. The van der Waals surface area contributed by atoms with Crippen molar-refractivity contribution in [1.82, 2.24) is 0 Å². The molecule has 3 rings (SSSR count). The number of rotatable bonds is 3. The largest absolute Gasteiger partial charge is 0.468 e. The summed E-state index contributed by atoms with van der Waals surface area (Å²) in [4.78, 5) is 32.1.